The van der Waals surface area contributed by atoms with Crippen LogP contribution in [0.15, 0.2) is 16.9 Å². The minimum Gasteiger partial charge on any atom is -0.340 e. The highest BCUT2D eigenvalue weighted by Gasteiger charge is 2.29. The molecule has 2 aliphatic rings. The second kappa shape index (κ2) is 8.13. The fourth-order valence-electron chi connectivity index (χ4n) is 3.90. The molecule has 1 amide bonds. The standard InChI is InChI=1S/C19H30N4O2/c1-15-3-6-17(7-4-15)19(25)22-12-9-21(10-13-22)11-14-23-18(24)8-5-16(2)20-23/h5,8,15,17H,3-4,6-7,9-14H2,1-2H3. The number of hydrogen-bond donors (Lipinski definition) is 0. The van der Waals surface area contributed by atoms with Crippen LogP contribution >= 0.6 is 0 Å². The normalized spacial score (nSPS) is 25.1. The van der Waals surface area contributed by atoms with E-state index in [1.54, 1.807) is 12.1 Å². The van der Waals surface area contributed by atoms with Gasteiger partial charge in [0.05, 0.1) is 12.2 Å². The van der Waals surface area contributed by atoms with Crippen molar-refractivity contribution in [3.8, 4) is 0 Å². The average molecular weight is 346 g/mol. The van der Waals surface area contributed by atoms with Gasteiger partial charge in [0.2, 0.25) is 5.91 Å². The van der Waals surface area contributed by atoms with E-state index in [-0.39, 0.29) is 11.5 Å². The minimum absolute atomic E-state index is 0.0501. The zero-order chi connectivity index (χ0) is 17.8. The van der Waals surface area contributed by atoms with Gasteiger partial charge in [-0.3, -0.25) is 14.5 Å². The third kappa shape index (κ3) is 4.69. The maximum Gasteiger partial charge on any atom is 0.266 e. The molecule has 6 nitrogen and oxygen atoms in total. The Morgan fingerprint density at radius 1 is 1.08 bits per heavy atom. The summed E-state index contributed by atoms with van der Waals surface area (Å²) < 4.78 is 1.54. The van der Waals surface area contributed by atoms with Gasteiger partial charge in [-0.25, -0.2) is 4.68 Å². The second-order valence-corrected chi connectivity index (χ2v) is 7.66. The van der Waals surface area contributed by atoms with Crippen LogP contribution in [0.1, 0.15) is 38.3 Å². The van der Waals surface area contributed by atoms with E-state index in [9.17, 15) is 9.59 Å². The number of piperazine rings is 1. The van der Waals surface area contributed by atoms with E-state index in [4.69, 9.17) is 0 Å². The van der Waals surface area contributed by atoms with Crippen molar-refractivity contribution in [3.63, 3.8) is 0 Å². The lowest BCUT2D eigenvalue weighted by Crippen LogP contribution is -2.51. The van der Waals surface area contributed by atoms with Gasteiger partial charge >= 0.3 is 0 Å². The van der Waals surface area contributed by atoms with Gasteiger partial charge in [-0.2, -0.15) is 5.10 Å². The van der Waals surface area contributed by atoms with Crippen molar-refractivity contribution in [2.75, 3.05) is 32.7 Å². The van der Waals surface area contributed by atoms with Gasteiger partial charge in [-0.05, 0) is 44.6 Å². The SMILES string of the molecule is Cc1ccc(=O)n(CCN2CCN(C(=O)C3CCC(C)CC3)CC2)n1. The van der Waals surface area contributed by atoms with Crippen LogP contribution in [-0.2, 0) is 11.3 Å². The van der Waals surface area contributed by atoms with Gasteiger partial charge in [-0.15, -0.1) is 0 Å². The fraction of sp³-hybridized carbons (Fsp3) is 0.737. The monoisotopic (exact) mass is 346 g/mol. The van der Waals surface area contributed by atoms with Crippen LogP contribution < -0.4 is 5.56 Å². The van der Waals surface area contributed by atoms with E-state index >= 15 is 0 Å². The average Bonchev–Trinajstić information content (AvgIpc) is 2.63. The molecule has 0 radical (unpaired) electrons. The summed E-state index contributed by atoms with van der Waals surface area (Å²) in [5.41, 5.74) is 0.808. The van der Waals surface area contributed by atoms with E-state index < -0.39 is 0 Å². The number of carbonyl (C=O) groups excluding carboxylic acids is 1. The van der Waals surface area contributed by atoms with Crippen LogP contribution in [-0.4, -0.2) is 58.2 Å². The van der Waals surface area contributed by atoms with Gasteiger partial charge in [0.15, 0.2) is 0 Å². The minimum atomic E-state index is -0.0501. The van der Waals surface area contributed by atoms with Gasteiger partial charge < -0.3 is 4.90 Å². The molecule has 0 bridgehead atoms. The number of rotatable bonds is 4. The summed E-state index contributed by atoms with van der Waals surface area (Å²) in [7, 11) is 0. The molecule has 0 unspecified atom stereocenters. The highest BCUT2D eigenvalue weighted by molar-refractivity contribution is 5.79. The fourth-order valence-corrected chi connectivity index (χ4v) is 3.90. The molecule has 1 aliphatic carbocycles. The number of aryl methyl sites for hydroxylation is 1. The molecule has 25 heavy (non-hydrogen) atoms. The maximum atomic E-state index is 12.7. The van der Waals surface area contributed by atoms with Crippen LogP contribution in [0, 0.1) is 18.8 Å². The molecule has 1 aliphatic heterocycles. The Labute approximate surface area is 149 Å². The summed E-state index contributed by atoms with van der Waals surface area (Å²) in [6, 6.07) is 3.32. The lowest BCUT2D eigenvalue weighted by Gasteiger charge is -2.37. The molecular formula is C19H30N4O2. The third-order valence-electron chi connectivity index (χ3n) is 5.68. The zero-order valence-electron chi connectivity index (χ0n) is 15.5. The summed E-state index contributed by atoms with van der Waals surface area (Å²) in [5.74, 6) is 1.39. The Morgan fingerprint density at radius 3 is 2.44 bits per heavy atom. The molecule has 2 fully saturated rings. The summed E-state index contributed by atoms with van der Waals surface area (Å²) >= 11 is 0. The van der Waals surface area contributed by atoms with E-state index in [1.165, 1.54) is 17.5 Å². The molecule has 3 rings (SSSR count). The highest BCUT2D eigenvalue weighted by atomic mass is 16.2. The van der Waals surface area contributed by atoms with Crippen LogP contribution in [0.4, 0.5) is 0 Å². The van der Waals surface area contributed by atoms with Crippen LogP contribution in [0.5, 0.6) is 0 Å². The van der Waals surface area contributed by atoms with Gasteiger partial charge in [-0.1, -0.05) is 6.92 Å². The molecule has 138 valence electrons. The summed E-state index contributed by atoms with van der Waals surface area (Å²) in [6.45, 7) is 8.97. The molecular weight excluding hydrogens is 316 g/mol. The largest absolute Gasteiger partial charge is 0.340 e. The molecule has 2 heterocycles. The van der Waals surface area contributed by atoms with Crippen molar-refractivity contribution in [1.29, 1.82) is 0 Å². The lowest BCUT2D eigenvalue weighted by molar-refractivity contribution is -0.138. The molecule has 0 N–H and O–H groups in total. The molecule has 1 aromatic heterocycles. The smallest absolute Gasteiger partial charge is 0.266 e. The second-order valence-electron chi connectivity index (χ2n) is 7.66. The maximum absolute atomic E-state index is 12.7. The molecule has 6 heteroatoms. The van der Waals surface area contributed by atoms with Crippen molar-refractivity contribution >= 4 is 5.91 Å². The van der Waals surface area contributed by atoms with Crippen LogP contribution in [0.25, 0.3) is 0 Å². The highest BCUT2D eigenvalue weighted by Crippen LogP contribution is 2.29. The molecule has 1 saturated carbocycles. The van der Waals surface area contributed by atoms with E-state index in [0.717, 1.165) is 57.2 Å². The Balaban J connectivity index is 1.45. The van der Waals surface area contributed by atoms with Gasteiger partial charge in [0, 0.05) is 44.7 Å². The van der Waals surface area contributed by atoms with Crippen molar-refractivity contribution in [1.82, 2.24) is 19.6 Å². The quantitative estimate of drug-likeness (QED) is 0.829. The van der Waals surface area contributed by atoms with Crippen LogP contribution in [0.2, 0.25) is 0 Å². The Bertz CT molecular complexity index is 641. The van der Waals surface area contributed by atoms with E-state index in [0.29, 0.717) is 12.5 Å². The number of carbonyl (C=O) groups is 1. The summed E-state index contributed by atoms with van der Waals surface area (Å²) in [5, 5.41) is 4.28. The van der Waals surface area contributed by atoms with Gasteiger partial charge in [0.1, 0.15) is 0 Å². The third-order valence-corrected chi connectivity index (χ3v) is 5.68. The van der Waals surface area contributed by atoms with Crippen LogP contribution in [0.3, 0.4) is 0 Å². The Hall–Kier alpha value is -1.69. The number of amides is 1. The van der Waals surface area contributed by atoms with Crippen molar-refractivity contribution in [2.45, 2.75) is 46.1 Å². The first-order valence-electron chi connectivity index (χ1n) is 9.59. The van der Waals surface area contributed by atoms with Crippen molar-refractivity contribution in [2.24, 2.45) is 11.8 Å². The molecule has 0 aromatic carbocycles. The first kappa shape index (κ1) is 18.1. The molecule has 1 aromatic rings. The predicted molar refractivity (Wildman–Crippen MR) is 97.4 cm³/mol. The Morgan fingerprint density at radius 2 is 1.76 bits per heavy atom. The number of nitrogens with zero attached hydrogens (tertiary/aromatic N) is 4. The van der Waals surface area contributed by atoms with Crippen molar-refractivity contribution in [3.05, 3.63) is 28.2 Å². The van der Waals surface area contributed by atoms with E-state index in [2.05, 4.69) is 16.9 Å². The van der Waals surface area contributed by atoms with Crippen molar-refractivity contribution < 1.29 is 4.79 Å². The first-order chi connectivity index (χ1) is 12.0. The number of hydrogen-bond acceptors (Lipinski definition) is 4. The number of aromatic nitrogens is 2. The Kier molecular flexibility index (Phi) is 5.89. The predicted octanol–water partition coefficient (Wildman–Crippen LogP) is 1.52. The molecule has 0 spiro atoms. The zero-order valence-corrected chi connectivity index (χ0v) is 15.5. The summed E-state index contributed by atoms with van der Waals surface area (Å²) in [6.07, 6.45) is 4.49. The lowest BCUT2D eigenvalue weighted by atomic mass is 9.82. The van der Waals surface area contributed by atoms with Gasteiger partial charge in [0.25, 0.3) is 5.56 Å². The summed E-state index contributed by atoms with van der Waals surface area (Å²) in [4.78, 5) is 28.9. The molecule has 0 atom stereocenters. The molecule has 1 saturated heterocycles. The van der Waals surface area contributed by atoms with E-state index in [1.807, 2.05) is 11.8 Å². The first-order valence-corrected chi connectivity index (χ1v) is 9.59. The topological polar surface area (TPSA) is 58.4 Å².